The summed E-state index contributed by atoms with van der Waals surface area (Å²) in [6.45, 7) is 2.08. The van der Waals surface area contributed by atoms with Gasteiger partial charge in [-0.1, -0.05) is 35.9 Å². The third-order valence-corrected chi connectivity index (χ3v) is 5.05. The van der Waals surface area contributed by atoms with Crippen molar-refractivity contribution in [3.05, 3.63) is 64.0 Å². The lowest BCUT2D eigenvalue weighted by molar-refractivity contribution is -0.127. The quantitative estimate of drug-likeness (QED) is 0.706. The van der Waals surface area contributed by atoms with Gasteiger partial charge >= 0.3 is 0 Å². The lowest BCUT2D eigenvalue weighted by atomic mass is 10.2. The monoisotopic (exact) mass is 416 g/mol. The number of anilines is 1. The van der Waals surface area contributed by atoms with E-state index in [9.17, 15) is 14.4 Å². The fourth-order valence-corrected chi connectivity index (χ4v) is 3.53. The highest BCUT2D eigenvalue weighted by Gasteiger charge is 2.36. The number of halogens is 1. The van der Waals surface area contributed by atoms with Crippen LogP contribution in [0.4, 0.5) is 10.5 Å². The number of para-hydroxylation sites is 1. The van der Waals surface area contributed by atoms with E-state index in [1.54, 1.807) is 54.6 Å². The molecule has 1 heterocycles. The second-order valence-corrected chi connectivity index (χ2v) is 7.20. The standard InChI is InChI=1S/C20H17ClN2O4S/c1-2-27-14-9-7-13(8-10-14)11-17-19(25)23(20(26)28-17)12-18(24)22-16-6-4-3-5-15(16)21/h3-11H,2,12H2,1H3,(H,22,24)/b17-11+. The molecule has 1 saturated heterocycles. The van der Waals surface area contributed by atoms with E-state index >= 15 is 0 Å². The van der Waals surface area contributed by atoms with Gasteiger partial charge in [-0.2, -0.15) is 0 Å². The highest BCUT2D eigenvalue weighted by atomic mass is 35.5. The maximum absolute atomic E-state index is 12.5. The zero-order valence-corrected chi connectivity index (χ0v) is 16.5. The Morgan fingerprint density at radius 1 is 1.18 bits per heavy atom. The summed E-state index contributed by atoms with van der Waals surface area (Å²) in [6, 6.07) is 13.9. The molecular weight excluding hydrogens is 400 g/mol. The topological polar surface area (TPSA) is 75.7 Å². The summed E-state index contributed by atoms with van der Waals surface area (Å²) in [5, 5.41) is 2.49. The predicted octanol–water partition coefficient (Wildman–Crippen LogP) is 4.41. The van der Waals surface area contributed by atoms with Gasteiger partial charge in [0, 0.05) is 0 Å². The van der Waals surface area contributed by atoms with Crippen molar-refractivity contribution in [3.8, 4) is 5.75 Å². The molecule has 1 aliphatic heterocycles. The van der Waals surface area contributed by atoms with Crippen LogP contribution in [0, 0.1) is 0 Å². The molecule has 0 unspecified atom stereocenters. The summed E-state index contributed by atoms with van der Waals surface area (Å²) in [7, 11) is 0. The SMILES string of the molecule is CCOc1ccc(/C=C2/SC(=O)N(CC(=O)Nc3ccccc3Cl)C2=O)cc1. The molecule has 8 heteroatoms. The maximum Gasteiger partial charge on any atom is 0.294 e. The number of carbonyl (C=O) groups is 3. The molecule has 1 fully saturated rings. The molecule has 3 rings (SSSR count). The Bertz CT molecular complexity index is 943. The fourth-order valence-electron chi connectivity index (χ4n) is 2.51. The summed E-state index contributed by atoms with van der Waals surface area (Å²) in [5.74, 6) is -0.278. The number of ether oxygens (including phenoxy) is 1. The average molecular weight is 417 g/mol. The second-order valence-electron chi connectivity index (χ2n) is 5.80. The summed E-state index contributed by atoms with van der Waals surface area (Å²) in [6.07, 6.45) is 1.62. The van der Waals surface area contributed by atoms with E-state index in [0.29, 0.717) is 17.3 Å². The van der Waals surface area contributed by atoms with Gasteiger partial charge in [0.1, 0.15) is 12.3 Å². The Morgan fingerprint density at radius 2 is 1.89 bits per heavy atom. The Labute approximate surface area is 171 Å². The minimum atomic E-state index is -0.502. The first-order valence-corrected chi connectivity index (χ1v) is 9.70. The Hall–Kier alpha value is -2.77. The molecule has 1 N–H and O–H groups in total. The number of thioether (sulfide) groups is 1. The van der Waals surface area contributed by atoms with E-state index in [2.05, 4.69) is 5.32 Å². The number of imide groups is 1. The zero-order chi connectivity index (χ0) is 20.1. The van der Waals surface area contributed by atoms with Gasteiger partial charge in [-0.25, -0.2) is 0 Å². The Morgan fingerprint density at radius 3 is 2.57 bits per heavy atom. The predicted molar refractivity (Wildman–Crippen MR) is 110 cm³/mol. The number of nitrogens with zero attached hydrogens (tertiary/aromatic N) is 1. The molecular formula is C20H17ClN2O4S. The molecule has 28 heavy (non-hydrogen) atoms. The van der Waals surface area contributed by atoms with Crippen molar-refractivity contribution < 1.29 is 19.1 Å². The lowest BCUT2D eigenvalue weighted by Gasteiger charge is -2.13. The minimum absolute atomic E-state index is 0.264. The normalized spacial score (nSPS) is 15.2. The van der Waals surface area contributed by atoms with Gasteiger partial charge in [0.25, 0.3) is 11.1 Å². The summed E-state index contributed by atoms with van der Waals surface area (Å²) < 4.78 is 5.38. The Balaban J connectivity index is 1.67. The van der Waals surface area contributed by atoms with Gasteiger partial charge in [-0.15, -0.1) is 0 Å². The van der Waals surface area contributed by atoms with Crippen molar-refractivity contribution in [2.24, 2.45) is 0 Å². The van der Waals surface area contributed by atoms with E-state index in [1.807, 2.05) is 6.92 Å². The van der Waals surface area contributed by atoms with Crippen molar-refractivity contribution in [1.82, 2.24) is 4.90 Å². The van der Waals surface area contributed by atoms with Crippen molar-refractivity contribution >= 4 is 52.2 Å². The molecule has 6 nitrogen and oxygen atoms in total. The fraction of sp³-hybridized carbons (Fsp3) is 0.150. The molecule has 2 aromatic rings. The minimum Gasteiger partial charge on any atom is -0.494 e. The summed E-state index contributed by atoms with van der Waals surface area (Å²) in [4.78, 5) is 38.1. The number of nitrogens with one attached hydrogen (secondary N) is 1. The molecule has 144 valence electrons. The van der Waals surface area contributed by atoms with Crippen LogP contribution in [-0.4, -0.2) is 35.1 Å². The van der Waals surface area contributed by atoms with E-state index in [1.165, 1.54) is 0 Å². The van der Waals surface area contributed by atoms with Gasteiger partial charge in [0.05, 0.1) is 22.2 Å². The molecule has 0 bridgehead atoms. The molecule has 0 saturated carbocycles. The molecule has 0 atom stereocenters. The van der Waals surface area contributed by atoms with Crippen LogP contribution in [-0.2, 0) is 9.59 Å². The van der Waals surface area contributed by atoms with Crippen LogP contribution in [0.5, 0.6) is 5.75 Å². The van der Waals surface area contributed by atoms with Crippen molar-refractivity contribution in [1.29, 1.82) is 0 Å². The van der Waals surface area contributed by atoms with Gasteiger partial charge in [-0.05, 0) is 54.6 Å². The summed E-state index contributed by atoms with van der Waals surface area (Å²) in [5.41, 5.74) is 1.18. The van der Waals surface area contributed by atoms with Gasteiger partial charge in [0.2, 0.25) is 5.91 Å². The van der Waals surface area contributed by atoms with Crippen LogP contribution in [0.15, 0.2) is 53.4 Å². The van der Waals surface area contributed by atoms with Crippen LogP contribution in [0.25, 0.3) is 6.08 Å². The first-order chi connectivity index (χ1) is 13.5. The zero-order valence-electron chi connectivity index (χ0n) is 15.0. The second kappa shape index (κ2) is 8.95. The van der Waals surface area contributed by atoms with Gasteiger partial charge < -0.3 is 10.1 Å². The molecule has 0 aromatic heterocycles. The highest BCUT2D eigenvalue weighted by Crippen LogP contribution is 2.32. The van der Waals surface area contributed by atoms with Crippen LogP contribution >= 0.6 is 23.4 Å². The third kappa shape index (κ3) is 4.74. The molecule has 0 aliphatic carbocycles. The van der Waals surface area contributed by atoms with E-state index in [4.69, 9.17) is 16.3 Å². The average Bonchev–Trinajstić information content (AvgIpc) is 2.93. The number of hydrogen-bond acceptors (Lipinski definition) is 5. The van der Waals surface area contributed by atoms with Crippen LogP contribution in [0.1, 0.15) is 12.5 Å². The van der Waals surface area contributed by atoms with Crippen molar-refractivity contribution in [2.75, 3.05) is 18.5 Å². The highest BCUT2D eigenvalue weighted by molar-refractivity contribution is 8.18. The number of benzene rings is 2. The van der Waals surface area contributed by atoms with Gasteiger partial charge in [-0.3, -0.25) is 19.3 Å². The Kier molecular flexibility index (Phi) is 6.38. The summed E-state index contributed by atoms with van der Waals surface area (Å²) >= 11 is 6.81. The van der Waals surface area contributed by atoms with E-state index < -0.39 is 17.1 Å². The largest absolute Gasteiger partial charge is 0.494 e. The number of carbonyl (C=O) groups excluding carboxylic acids is 3. The lowest BCUT2D eigenvalue weighted by Crippen LogP contribution is -2.36. The molecule has 3 amide bonds. The number of amides is 3. The van der Waals surface area contributed by atoms with Crippen LogP contribution < -0.4 is 10.1 Å². The molecule has 1 aliphatic rings. The van der Waals surface area contributed by atoms with Crippen molar-refractivity contribution in [3.63, 3.8) is 0 Å². The molecule has 0 radical (unpaired) electrons. The van der Waals surface area contributed by atoms with E-state index in [0.717, 1.165) is 28.0 Å². The smallest absolute Gasteiger partial charge is 0.294 e. The number of rotatable bonds is 6. The van der Waals surface area contributed by atoms with Crippen molar-refractivity contribution in [2.45, 2.75) is 6.92 Å². The van der Waals surface area contributed by atoms with Gasteiger partial charge in [0.15, 0.2) is 0 Å². The van der Waals surface area contributed by atoms with Crippen LogP contribution in [0.3, 0.4) is 0 Å². The van der Waals surface area contributed by atoms with E-state index in [-0.39, 0.29) is 11.4 Å². The molecule has 0 spiro atoms. The van der Waals surface area contributed by atoms with Crippen LogP contribution in [0.2, 0.25) is 5.02 Å². The third-order valence-electron chi connectivity index (χ3n) is 3.81. The maximum atomic E-state index is 12.5. The first-order valence-electron chi connectivity index (χ1n) is 8.50. The number of hydrogen-bond donors (Lipinski definition) is 1. The first kappa shape index (κ1) is 20.0. The molecule has 2 aromatic carbocycles.